The Morgan fingerprint density at radius 3 is 2.04 bits per heavy atom. The van der Waals surface area contributed by atoms with E-state index in [2.05, 4.69) is 19.1 Å². The van der Waals surface area contributed by atoms with E-state index >= 15 is 0 Å². The molecule has 4 nitrogen and oxygen atoms in total. The molecule has 0 amide bonds. The molecule has 0 aliphatic carbocycles. The monoisotopic (exact) mass is 382 g/mol. The molecular weight excluding hydrogens is 352 g/mol. The summed E-state index contributed by atoms with van der Waals surface area (Å²) >= 11 is 0. The lowest BCUT2D eigenvalue weighted by molar-refractivity contribution is -0.143. The molecule has 4 heteroatoms. The van der Waals surface area contributed by atoms with Crippen molar-refractivity contribution >= 4 is 17.8 Å². The van der Waals surface area contributed by atoms with E-state index in [1.54, 1.807) is 0 Å². The van der Waals surface area contributed by atoms with Gasteiger partial charge in [-0.15, -0.1) is 0 Å². The van der Waals surface area contributed by atoms with Gasteiger partial charge in [0.15, 0.2) is 12.0 Å². The number of rotatable bonds is 9. The van der Waals surface area contributed by atoms with E-state index in [-0.39, 0.29) is 18.1 Å². The summed E-state index contributed by atoms with van der Waals surface area (Å²) in [6, 6.07) is 19.7. The van der Waals surface area contributed by atoms with Gasteiger partial charge in [0.05, 0.1) is 13.7 Å². The molecule has 0 aliphatic heterocycles. The molecule has 0 heterocycles. The summed E-state index contributed by atoms with van der Waals surface area (Å²) < 4.78 is 10.2. The van der Waals surface area contributed by atoms with Crippen LogP contribution in [0.25, 0.3) is 5.57 Å². The van der Waals surface area contributed by atoms with E-state index < -0.39 is 0 Å². The molecule has 2 aromatic rings. The van der Waals surface area contributed by atoms with Crippen LogP contribution in [0.4, 0.5) is 0 Å². The Morgan fingerprint density at radius 1 is 0.964 bits per heavy atom. The minimum Gasteiger partial charge on any atom is -0.493 e. The highest BCUT2D eigenvalue weighted by molar-refractivity contribution is 5.87. The van der Waals surface area contributed by atoms with Gasteiger partial charge < -0.3 is 9.47 Å². The summed E-state index contributed by atoms with van der Waals surface area (Å²) in [6.07, 6.45) is 3.17. The third-order valence-corrected chi connectivity index (χ3v) is 4.03. The summed E-state index contributed by atoms with van der Waals surface area (Å²) in [5.74, 6) is 0.000733. The maximum absolute atomic E-state index is 11.7. The number of ether oxygens (including phenoxy) is 2. The van der Waals surface area contributed by atoms with Gasteiger partial charge in [-0.3, -0.25) is 9.59 Å². The lowest BCUT2D eigenvalue weighted by Gasteiger charge is -2.11. The smallest absolute Gasteiger partial charge is 0.306 e. The third kappa shape index (κ3) is 9.17. The molecule has 28 heavy (non-hydrogen) atoms. The van der Waals surface area contributed by atoms with Crippen LogP contribution in [0.2, 0.25) is 0 Å². The number of unbranched alkanes of at least 4 members (excludes halogenated alkanes) is 1. The SMILES string of the molecule is CCCCOC(=O)CC/C(=C(\C=O)OC)c1ccccc1.Cc1ccccc1. The van der Waals surface area contributed by atoms with Crippen molar-refractivity contribution in [3.8, 4) is 0 Å². The highest BCUT2D eigenvalue weighted by Crippen LogP contribution is 2.23. The quantitative estimate of drug-likeness (QED) is 0.193. The van der Waals surface area contributed by atoms with Gasteiger partial charge in [0.25, 0.3) is 0 Å². The van der Waals surface area contributed by atoms with E-state index in [0.29, 0.717) is 19.3 Å². The lowest BCUT2D eigenvalue weighted by Crippen LogP contribution is -2.07. The Morgan fingerprint density at radius 2 is 1.57 bits per heavy atom. The molecule has 0 aromatic heterocycles. The number of hydrogen-bond acceptors (Lipinski definition) is 4. The largest absolute Gasteiger partial charge is 0.493 e. The van der Waals surface area contributed by atoms with Crippen LogP contribution < -0.4 is 0 Å². The lowest BCUT2D eigenvalue weighted by atomic mass is 10.00. The molecule has 0 N–H and O–H groups in total. The molecule has 0 radical (unpaired) electrons. The summed E-state index contributed by atoms with van der Waals surface area (Å²) in [5, 5.41) is 0. The molecule has 2 aromatic carbocycles. The molecule has 0 fully saturated rings. The first kappa shape index (κ1) is 23.2. The van der Waals surface area contributed by atoms with Crippen LogP contribution in [-0.2, 0) is 19.1 Å². The normalized spacial score (nSPS) is 10.8. The maximum Gasteiger partial charge on any atom is 0.306 e. The van der Waals surface area contributed by atoms with Crippen molar-refractivity contribution in [3.63, 3.8) is 0 Å². The van der Waals surface area contributed by atoms with Crippen molar-refractivity contribution in [3.05, 3.63) is 77.5 Å². The number of esters is 1. The molecule has 0 spiro atoms. The molecule has 150 valence electrons. The van der Waals surface area contributed by atoms with Crippen LogP contribution in [0, 0.1) is 6.92 Å². The molecule has 0 atom stereocenters. The Hall–Kier alpha value is -2.88. The number of carbonyl (C=O) groups excluding carboxylic acids is 2. The Labute approximate surface area is 168 Å². The third-order valence-electron chi connectivity index (χ3n) is 4.03. The maximum atomic E-state index is 11.7. The van der Waals surface area contributed by atoms with Crippen LogP contribution in [0.5, 0.6) is 0 Å². The van der Waals surface area contributed by atoms with E-state index in [4.69, 9.17) is 9.47 Å². The van der Waals surface area contributed by atoms with Gasteiger partial charge in [-0.25, -0.2) is 0 Å². The van der Waals surface area contributed by atoms with E-state index in [0.717, 1.165) is 24.0 Å². The van der Waals surface area contributed by atoms with E-state index in [1.807, 2.05) is 55.5 Å². The second-order valence-corrected chi connectivity index (χ2v) is 6.26. The van der Waals surface area contributed by atoms with Crippen molar-refractivity contribution in [2.75, 3.05) is 13.7 Å². The minimum atomic E-state index is -0.252. The van der Waals surface area contributed by atoms with Crippen molar-refractivity contribution in [1.82, 2.24) is 0 Å². The zero-order chi connectivity index (χ0) is 20.6. The van der Waals surface area contributed by atoms with Crippen LogP contribution in [0.3, 0.4) is 0 Å². The first-order chi connectivity index (χ1) is 13.6. The second kappa shape index (κ2) is 14.2. The van der Waals surface area contributed by atoms with Crippen molar-refractivity contribution in [2.24, 2.45) is 0 Å². The molecule has 0 unspecified atom stereocenters. The van der Waals surface area contributed by atoms with Crippen molar-refractivity contribution in [1.29, 1.82) is 0 Å². The first-order valence-electron chi connectivity index (χ1n) is 9.57. The summed E-state index contributed by atoms with van der Waals surface area (Å²) in [6.45, 7) is 4.57. The molecule has 0 saturated carbocycles. The van der Waals surface area contributed by atoms with Crippen LogP contribution in [0.15, 0.2) is 66.4 Å². The zero-order valence-electron chi connectivity index (χ0n) is 17.0. The molecule has 0 bridgehead atoms. The number of hydrogen-bond donors (Lipinski definition) is 0. The number of carbonyl (C=O) groups is 2. The van der Waals surface area contributed by atoms with Crippen molar-refractivity contribution < 1.29 is 19.1 Å². The highest BCUT2D eigenvalue weighted by atomic mass is 16.5. The van der Waals surface area contributed by atoms with Gasteiger partial charge in [-0.2, -0.15) is 0 Å². The predicted octanol–water partition coefficient (Wildman–Crippen LogP) is 5.36. The first-order valence-corrected chi connectivity index (χ1v) is 9.57. The predicted molar refractivity (Wildman–Crippen MR) is 113 cm³/mol. The summed E-state index contributed by atoms with van der Waals surface area (Å²) in [5.41, 5.74) is 2.92. The second-order valence-electron chi connectivity index (χ2n) is 6.26. The molecule has 2 rings (SSSR count). The summed E-state index contributed by atoms with van der Waals surface area (Å²) in [7, 11) is 1.45. The Kier molecular flexibility index (Phi) is 11.8. The Bertz CT molecular complexity index is 721. The van der Waals surface area contributed by atoms with E-state index in [1.165, 1.54) is 12.7 Å². The number of aryl methyl sites for hydroxylation is 1. The average molecular weight is 383 g/mol. The highest BCUT2D eigenvalue weighted by Gasteiger charge is 2.12. The topological polar surface area (TPSA) is 52.6 Å². The number of allylic oxidation sites excluding steroid dienone is 2. The van der Waals surface area contributed by atoms with Gasteiger partial charge in [-0.1, -0.05) is 79.6 Å². The number of aldehydes is 1. The number of benzene rings is 2. The molecular formula is C24H30O4. The van der Waals surface area contributed by atoms with Crippen LogP contribution in [0.1, 0.15) is 43.7 Å². The fraction of sp³-hybridized carbons (Fsp3) is 0.333. The standard InChI is InChI=1S/C17H22O4.C7H8/c1-3-4-12-21-17(19)11-10-15(16(13-18)20-2)14-8-6-5-7-9-14;1-7-5-3-2-4-6-7/h5-9,13H,3-4,10-12H2,1-2H3;2-6H,1H3/b16-15-;. The van der Waals surface area contributed by atoms with Gasteiger partial charge in [-0.05, 0) is 25.3 Å². The van der Waals surface area contributed by atoms with Gasteiger partial charge in [0.2, 0.25) is 0 Å². The number of methoxy groups -OCH3 is 1. The van der Waals surface area contributed by atoms with E-state index in [9.17, 15) is 9.59 Å². The molecule has 0 aliphatic rings. The fourth-order valence-electron chi connectivity index (χ4n) is 2.46. The minimum absolute atomic E-state index is 0.231. The van der Waals surface area contributed by atoms with Gasteiger partial charge in [0, 0.05) is 12.0 Å². The average Bonchev–Trinajstić information content (AvgIpc) is 2.73. The van der Waals surface area contributed by atoms with Crippen LogP contribution in [-0.4, -0.2) is 26.0 Å². The Balaban J connectivity index is 0.000000467. The van der Waals surface area contributed by atoms with Gasteiger partial charge in [0.1, 0.15) is 0 Å². The van der Waals surface area contributed by atoms with Crippen LogP contribution >= 0.6 is 0 Å². The summed E-state index contributed by atoms with van der Waals surface area (Å²) in [4.78, 5) is 22.8. The fourth-order valence-corrected chi connectivity index (χ4v) is 2.46. The zero-order valence-corrected chi connectivity index (χ0v) is 17.0. The van der Waals surface area contributed by atoms with Gasteiger partial charge >= 0.3 is 5.97 Å². The van der Waals surface area contributed by atoms with Crippen molar-refractivity contribution in [2.45, 2.75) is 39.5 Å². The molecule has 0 saturated heterocycles.